The molecule has 0 aromatic heterocycles. The van der Waals surface area contributed by atoms with Crippen molar-refractivity contribution in [3.8, 4) is 0 Å². The molecule has 1 saturated carbocycles. The van der Waals surface area contributed by atoms with Gasteiger partial charge < -0.3 is 10.6 Å². The lowest BCUT2D eigenvalue weighted by Crippen LogP contribution is -2.57. The summed E-state index contributed by atoms with van der Waals surface area (Å²) in [5, 5.41) is 5.93. The largest absolute Gasteiger partial charge is 0.338 e. The van der Waals surface area contributed by atoms with E-state index in [-0.39, 0.29) is 23.1 Å². The maximum Gasteiger partial charge on any atom is 0.252 e. The summed E-state index contributed by atoms with van der Waals surface area (Å²) in [5.74, 6) is -0.0956. The van der Waals surface area contributed by atoms with Crippen LogP contribution in [0.5, 0.6) is 0 Å². The Balaban J connectivity index is 1.38. The number of hydrogen-bond donors (Lipinski definition) is 2. The smallest absolute Gasteiger partial charge is 0.252 e. The first-order valence-electron chi connectivity index (χ1n) is 12.3. The second-order valence-corrected chi connectivity index (χ2v) is 10.4. The van der Waals surface area contributed by atoms with Crippen LogP contribution in [0, 0.1) is 0 Å². The maximum atomic E-state index is 13.5. The van der Waals surface area contributed by atoms with Crippen molar-refractivity contribution in [1.82, 2.24) is 5.32 Å². The number of amides is 3. The van der Waals surface area contributed by atoms with Crippen LogP contribution in [-0.4, -0.2) is 29.0 Å². The van der Waals surface area contributed by atoms with Gasteiger partial charge in [-0.2, -0.15) is 0 Å². The second kappa shape index (κ2) is 10.6. The number of nitrogens with zero attached hydrogens (tertiary/aromatic N) is 1. The highest BCUT2D eigenvalue weighted by atomic mass is 32.2. The van der Waals surface area contributed by atoms with Crippen LogP contribution in [-0.2, 0) is 9.59 Å². The third-order valence-electron chi connectivity index (χ3n) is 6.87. The van der Waals surface area contributed by atoms with Gasteiger partial charge in [0.1, 0.15) is 10.9 Å². The normalized spacial score (nSPS) is 19.1. The highest BCUT2D eigenvalue weighted by molar-refractivity contribution is 8.00. The van der Waals surface area contributed by atoms with Crippen molar-refractivity contribution in [2.45, 2.75) is 43.0 Å². The Morgan fingerprint density at radius 1 is 0.861 bits per heavy atom. The monoisotopic (exact) mass is 499 g/mol. The first-order valence-corrected chi connectivity index (χ1v) is 13.4. The van der Waals surface area contributed by atoms with E-state index in [0.717, 1.165) is 24.8 Å². The summed E-state index contributed by atoms with van der Waals surface area (Å²) in [6, 6.07) is 26.4. The van der Waals surface area contributed by atoms with Crippen LogP contribution in [0.4, 0.5) is 11.4 Å². The minimum atomic E-state index is -0.965. The molecule has 1 heterocycles. The van der Waals surface area contributed by atoms with Crippen LogP contribution in [0.25, 0.3) is 0 Å². The maximum absolute atomic E-state index is 13.5. The molecule has 2 aliphatic rings. The van der Waals surface area contributed by atoms with Crippen molar-refractivity contribution in [2.75, 3.05) is 16.0 Å². The lowest BCUT2D eigenvalue weighted by Gasteiger charge is -2.36. The Morgan fingerprint density at radius 2 is 1.56 bits per heavy atom. The zero-order chi connectivity index (χ0) is 25.0. The van der Waals surface area contributed by atoms with Gasteiger partial charge in [0.05, 0.1) is 5.75 Å². The van der Waals surface area contributed by atoms with Gasteiger partial charge in [0.2, 0.25) is 11.8 Å². The summed E-state index contributed by atoms with van der Waals surface area (Å²) in [4.78, 5) is 41.5. The summed E-state index contributed by atoms with van der Waals surface area (Å²) >= 11 is 1.58. The molecule has 7 heteroatoms. The van der Waals surface area contributed by atoms with E-state index in [2.05, 4.69) is 10.6 Å². The van der Waals surface area contributed by atoms with E-state index in [1.807, 2.05) is 66.7 Å². The van der Waals surface area contributed by atoms with Crippen LogP contribution < -0.4 is 15.5 Å². The molecule has 0 spiro atoms. The molecule has 1 aliphatic heterocycles. The molecule has 3 aromatic carbocycles. The number of para-hydroxylation sites is 1. The number of carbonyl (C=O) groups is 3. The number of benzene rings is 3. The van der Waals surface area contributed by atoms with E-state index in [0.29, 0.717) is 35.5 Å². The molecule has 6 nitrogen and oxygen atoms in total. The molecule has 1 saturated heterocycles. The fourth-order valence-electron chi connectivity index (χ4n) is 4.99. The molecule has 0 bridgehead atoms. The first-order chi connectivity index (χ1) is 17.6. The van der Waals surface area contributed by atoms with Crippen LogP contribution in [0.1, 0.15) is 53.4 Å². The molecule has 3 amide bonds. The number of nitrogens with one attached hydrogen (secondary N) is 2. The standard InChI is InChI=1S/C29H29N3O3S/c33-25-20-36-27(21-11-4-1-5-12-21)32(25)24-16-10-13-22(19-24)26(34)31-29(17-8-3-9-18-29)28(35)30-23-14-6-2-7-15-23/h1-2,4-7,10-16,19,27H,3,8-9,17-18,20H2,(H,30,35)(H,31,34)/t27-/m0/s1. The van der Waals surface area contributed by atoms with Gasteiger partial charge in [0.15, 0.2) is 0 Å². The van der Waals surface area contributed by atoms with Gasteiger partial charge >= 0.3 is 0 Å². The second-order valence-electron chi connectivity index (χ2n) is 9.31. The number of anilines is 2. The summed E-state index contributed by atoms with van der Waals surface area (Å²) in [6.07, 6.45) is 3.98. The minimum Gasteiger partial charge on any atom is -0.338 e. The summed E-state index contributed by atoms with van der Waals surface area (Å²) < 4.78 is 0. The number of rotatable bonds is 6. The molecule has 0 radical (unpaired) electrons. The highest BCUT2D eigenvalue weighted by Crippen LogP contribution is 2.41. The summed E-state index contributed by atoms with van der Waals surface area (Å²) in [5.41, 5.74) is 1.90. The predicted octanol–water partition coefficient (Wildman–Crippen LogP) is 5.54. The van der Waals surface area contributed by atoms with E-state index in [9.17, 15) is 14.4 Å². The average molecular weight is 500 g/mol. The summed E-state index contributed by atoms with van der Waals surface area (Å²) in [6.45, 7) is 0. The van der Waals surface area contributed by atoms with E-state index in [1.165, 1.54) is 0 Å². The first kappa shape index (κ1) is 24.1. The van der Waals surface area contributed by atoms with Crippen molar-refractivity contribution < 1.29 is 14.4 Å². The zero-order valence-electron chi connectivity index (χ0n) is 20.0. The van der Waals surface area contributed by atoms with Crippen molar-refractivity contribution in [3.63, 3.8) is 0 Å². The zero-order valence-corrected chi connectivity index (χ0v) is 20.8. The van der Waals surface area contributed by atoms with E-state index in [4.69, 9.17) is 0 Å². The van der Waals surface area contributed by atoms with Gasteiger partial charge in [-0.05, 0) is 48.7 Å². The fourth-order valence-corrected chi connectivity index (χ4v) is 6.17. The van der Waals surface area contributed by atoms with Crippen LogP contribution in [0.3, 0.4) is 0 Å². The molecule has 2 fully saturated rings. The van der Waals surface area contributed by atoms with Crippen molar-refractivity contribution >= 4 is 40.9 Å². The van der Waals surface area contributed by atoms with Crippen LogP contribution >= 0.6 is 11.8 Å². The van der Waals surface area contributed by atoms with Crippen LogP contribution in [0.15, 0.2) is 84.9 Å². The molecular weight excluding hydrogens is 470 g/mol. The van der Waals surface area contributed by atoms with E-state index in [1.54, 1.807) is 34.9 Å². The third-order valence-corrected chi connectivity index (χ3v) is 8.08. The Hall–Kier alpha value is -3.58. The Morgan fingerprint density at radius 3 is 2.28 bits per heavy atom. The Kier molecular flexibility index (Phi) is 7.09. The molecule has 5 rings (SSSR count). The van der Waals surface area contributed by atoms with E-state index < -0.39 is 5.54 Å². The van der Waals surface area contributed by atoms with Gasteiger partial charge in [-0.25, -0.2) is 0 Å². The average Bonchev–Trinajstić information content (AvgIpc) is 3.31. The van der Waals surface area contributed by atoms with E-state index >= 15 is 0 Å². The minimum absolute atomic E-state index is 0.0115. The number of hydrogen-bond acceptors (Lipinski definition) is 4. The molecular formula is C29H29N3O3S. The van der Waals surface area contributed by atoms with Crippen LogP contribution in [0.2, 0.25) is 0 Å². The molecule has 36 heavy (non-hydrogen) atoms. The predicted molar refractivity (Wildman–Crippen MR) is 144 cm³/mol. The van der Waals surface area contributed by atoms with Gasteiger partial charge in [0.25, 0.3) is 5.91 Å². The number of carbonyl (C=O) groups excluding carboxylic acids is 3. The fraction of sp³-hybridized carbons (Fsp3) is 0.276. The van der Waals surface area contributed by atoms with Gasteiger partial charge in [-0.1, -0.05) is 73.9 Å². The quantitative estimate of drug-likeness (QED) is 0.467. The molecule has 0 unspecified atom stereocenters. The third kappa shape index (κ3) is 5.02. The Labute approximate surface area is 215 Å². The number of thioether (sulfide) groups is 1. The van der Waals surface area contributed by atoms with Gasteiger partial charge in [-0.3, -0.25) is 19.3 Å². The summed E-state index contributed by atoms with van der Waals surface area (Å²) in [7, 11) is 0. The lowest BCUT2D eigenvalue weighted by atomic mass is 9.80. The van der Waals surface area contributed by atoms with Gasteiger partial charge in [-0.15, -0.1) is 11.8 Å². The van der Waals surface area contributed by atoms with Crippen molar-refractivity contribution in [3.05, 3.63) is 96.1 Å². The Bertz CT molecular complexity index is 1240. The van der Waals surface area contributed by atoms with Crippen molar-refractivity contribution in [2.24, 2.45) is 0 Å². The topological polar surface area (TPSA) is 78.5 Å². The molecule has 3 aromatic rings. The molecule has 184 valence electrons. The molecule has 1 aliphatic carbocycles. The SMILES string of the molecule is O=C(NC1(C(=O)Nc2ccccc2)CCCCC1)c1cccc(N2C(=O)CS[C@H]2c2ccccc2)c1. The van der Waals surface area contributed by atoms with Gasteiger partial charge in [0, 0.05) is 16.9 Å². The lowest BCUT2D eigenvalue weighted by molar-refractivity contribution is -0.123. The molecule has 2 N–H and O–H groups in total. The highest BCUT2D eigenvalue weighted by Gasteiger charge is 2.41. The van der Waals surface area contributed by atoms with Crippen molar-refractivity contribution in [1.29, 1.82) is 0 Å². The molecule has 1 atom stereocenters.